The molecular formula is C17H25NO9. The van der Waals surface area contributed by atoms with Crippen LogP contribution in [0.1, 0.15) is 34.1 Å². The summed E-state index contributed by atoms with van der Waals surface area (Å²) in [6.07, 6.45) is -2.51. The molecule has 0 bridgehead atoms. The van der Waals surface area contributed by atoms with Crippen LogP contribution in [-0.2, 0) is 38.1 Å². The molecule has 1 heterocycles. The first-order valence-corrected chi connectivity index (χ1v) is 8.26. The maximum absolute atomic E-state index is 11.6. The second kappa shape index (κ2) is 9.47. The van der Waals surface area contributed by atoms with E-state index in [9.17, 15) is 24.3 Å². The molecule has 152 valence electrons. The fourth-order valence-corrected chi connectivity index (χ4v) is 2.85. The van der Waals surface area contributed by atoms with Crippen molar-refractivity contribution in [3.63, 3.8) is 0 Å². The lowest BCUT2D eigenvalue weighted by Gasteiger charge is -2.49. The van der Waals surface area contributed by atoms with E-state index in [1.54, 1.807) is 0 Å². The van der Waals surface area contributed by atoms with Crippen LogP contribution in [0.25, 0.3) is 0 Å². The van der Waals surface area contributed by atoms with Crippen molar-refractivity contribution >= 4 is 23.8 Å². The molecule has 0 radical (unpaired) electrons. The first-order chi connectivity index (χ1) is 12.5. The number of carbonyl (C=O) groups is 4. The van der Waals surface area contributed by atoms with Crippen molar-refractivity contribution in [3.8, 4) is 0 Å². The monoisotopic (exact) mass is 387 g/mol. The number of ether oxygens (including phenoxy) is 4. The van der Waals surface area contributed by atoms with Gasteiger partial charge < -0.3 is 29.4 Å². The van der Waals surface area contributed by atoms with Gasteiger partial charge in [0.15, 0.2) is 18.0 Å². The molecule has 5 atom stereocenters. The zero-order valence-corrected chi connectivity index (χ0v) is 15.7. The van der Waals surface area contributed by atoms with E-state index in [2.05, 4.69) is 11.9 Å². The van der Waals surface area contributed by atoms with Crippen LogP contribution < -0.4 is 5.32 Å². The third-order valence-corrected chi connectivity index (χ3v) is 3.71. The van der Waals surface area contributed by atoms with Gasteiger partial charge >= 0.3 is 17.9 Å². The van der Waals surface area contributed by atoms with Crippen LogP contribution >= 0.6 is 0 Å². The molecule has 1 fully saturated rings. The lowest BCUT2D eigenvalue weighted by Crippen LogP contribution is -2.71. The highest BCUT2D eigenvalue weighted by molar-refractivity contribution is 5.74. The van der Waals surface area contributed by atoms with E-state index in [4.69, 9.17) is 18.9 Å². The fourth-order valence-electron chi connectivity index (χ4n) is 2.85. The lowest BCUT2D eigenvalue weighted by molar-refractivity contribution is -0.319. The first-order valence-electron chi connectivity index (χ1n) is 8.26. The van der Waals surface area contributed by atoms with Crippen molar-refractivity contribution in [2.24, 2.45) is 0 Å². The lowest BCUT2D eigenvalue weighted by atomic mass is 9.87. The summed E-state index contributed by atoms with van der Waals surface area (Å²) in [7, 11) is 0. The van der Waals surface area contributed by atoms with Crippen LogP contribution in [0.4, 0.5) is 0 Å². The molecule has 0 unspecified atom stereocenters. The Bertz CT molecular complexity index is 605. The summed E-state index contributed by atoms with van der Waals surface area (Å²) >= 11 is 0. The molecule has 0 spiro atoms. The smallest absolute Gasteiger partial charge is 0.303 e. The summed E-state index contributed by atoms with van der Waals surface area (Å²) < 4.78 is 21.0. The van der Waals surface area contributed by atoms with Gasteiger partial charge in [0.1, 0.15) is 18.8 Å². The van der Waals surface area contributed by atoms with E-state index >= 15 is 0 Å². The van der Waals surface area contributed by atoms with Gasteiger partial charge in [0, 0.05) is 34.1 Å². The number of carbonyl (C=O) groups excluding carboxylic acids is 4. The summed E-state index contributed by atoms with van der Waals surface area (Å²) in [4.78, 5) is 46.0. The highest BCUT2D eigenvalue weighted by atomic mass is 16.7. The Labute approximate surface area is 156 Å². The normalized spacial score (nSPS) is 30.0. The van der Waals surface area contributed by atoms with Crippen molar-refractivity contribution in [3.05, 3.63) is 12.7 Å². The number of hydrogen-bond acceptors (Lipinski definition) is 9. The highest BCUT2D eigenvalue weighted by Crippen LogP contribution is 2.34. The number of nitrogens with one attached hydrogen (secondary N) is 1. The van der Waals surface area contributed by atoms with Gasteiger partial charge in [-0.05, 0) is 0 Å². The zero-order chi connectivity index (χ0) is 20.8. The minimum absolute atomic E-state index is 0.154. The van der Waals surface area contributed by atoms with Crippen LogP contribution in [0.15, 0.2) is 12.7 Å². The minimum Gasteiger partial charge on any atom is -0.463 e. The highest BCUT2D eigenvalue weighted by Gasteiger charge is 2.57. The molecule has 27 heavy (non-hydrogen) atoms. The molecular weight excluding hydrogens is 362 g/mol. The maximum Gasteiger partial charge on any atom is 0.303 e. The van der Waals surface area contributed by atoms with E-state index in [1.807, 2.05) is 0 Å². The molecule has 0 aromatic carbocycles. The van der Waals surface area contributed by atoms with E-state index < -0.39 is 54.0 Å². The topological polar surface area (TPSA) is 137 Å². The van der Waals surface area contributed by atoms with Gasteiger partial charge in [0.25, 0.3) is 0 Å². The quantitative estimate of drug-likeness (QED) is 0.339. The third-order valence-electron chi connectivity index (χ3n) is 3.71. The van der Waals surface area contributed by atoms with Crippen LogP contribution in [0.2, 0.25) is 0 Å². The van der Waals surface area contributed by atoms with Gasteiger partial charge in [-0.2, -0.15) is 0 Å². The van der Waals surface area contributed by atoms with E-state index in [1.165, 1.54) is 19.9 Å². The van der Waals surface area contributed by atoms with Gasteiger partial charge in [-0.15, -0.1) is 6.58 Å². The standard InChI is InChI=1S/C17H25NO9/c1-6-7-17(23)16(18-9(2)19)15(26-12(5)22)14(25-11(4)21)13(27-17)8-24-10(3)20/h6,13-16,23H,1,7-8H2,2-5H3,(H,18,19)/t13-,14+,15+,16-,17+/m1/s1. The predicted octanol–water partition coefficient (Wildman–Crippen LogP) is -0.419. The summed E-state index contributed by atoms with van der Waals surface area (Å²) in [5, 5.41) is 13.4. The fraction of sp³-hybridized carbons (Fsp3) is 0.647. The Hall–Kier alpha value is -2.46. The molecule has 2 N–H and O–H groups in total. The van der Waals surface area contributed by atoms with Crippen LogP contribution in [0.5, 0.6) is 0 Å². The van der Waals surface area contributed by atoms with Crippen molar-refractivity contribution in [2.75, 3.05) is 6.61 Å². The number of amides is 1. The molecule has 0 saturated carbocycles. The van der Waals surface area contributed by atoms with Gasteiger partial charge in [-0.1, -0.05) is 6.08 Å². The van der Waals surface area contributed by atoms with Crippen molar-refractivity contribution in [2.45, 2.75) is 64.3 Å². The van der Waals surface area contributed by atoms with E-state index in [0.29, 0.717) is 0 Å². The van der Waals surface area contributed by atoms with Gasteiger partial charge in [-0.3, -0.25) is 19.2 Å². The molecule has 1 rings (SSSR count). The van der Waals surface area contributed by atoms with E-state index in [-0.39, 0.29) is 13.0 Å². The molecule has 0 aliphatic carbocycles. The minimum atomic E-state index is -2.05. The Morgan fingerprint density at radius 3 is 2.07 bits per heavy atom. The van der Waals surface area contributed by atoms with E-state index in [0.717, 1.165) is 13.8 Å². The average Bonchev–Trinajstić information content (AvgIpc) is 2.51. The Kier molecular flexibility index (Phi) is 7.92. The summed E-state index contributed by atoms with van der Waals surface area (Å²) in [5.74, 6) is -4.66. The number of esters is 3. The third kappa shape index (κ3) is 6.33. The SMILES string of the molecule is C=CC[C@]1(O)O[C@H](COC(C)=O)[C@H](OC(C)=O)[C@H](OC(C)=O)[C@H]1NC(C)=O. The molecule has 0 aromatic heterocycles. The average molecular weight is 387 g/mol. The predicted molar refractivity (Wildman–Crippen MR) is 90.0 cm³/mol. The van der Waals surface area contributed by atoms with Gasteiger partial charge in [0.2, 0.25) is 5.91 Å². The summed E-state index contributed by atoms with van der Waals surface area (Å²) in [5.41, 5.74) is 0. The summed E-state index contributed by atoms with van der Waals surface area (Å²) in [6.45, 7) is 7.78. The Morgan fingerprint density at radius 1 is 1.07 bits per heavy atom. The van der Waals surface area contributed by atoms with Crippen LogP contribution in [0.3, 0.4) is 0 Å². The molecule has 1 amide bonds. The van der Waals surface area contributed by atoms with Crippen molar-refractivity contribution in [1.29, 1.82) is 0 Å². The second-order valence-corrected chi connectivity index (χ2v) is 6.12. The molecule has 1 saturated heterocycles. The molecule has 1 aliphatic rings. The van der Waals surface area contributed by atoms with Crippen molar-refractivity contribution < 1.29 is 43.2 Å². The number of hydrogen-bond donors (Lipinski definition) is 2. The van der Waals surface area contributed by atoms with Crippen LogP contribution in [0, 0.1) is 0 Å². The molecule has 10 nitrogen and oxygen atoms in total. The van der Waals surface area contributed by atoms with Gasteiger partial charge in [-0.25, -0.2) is 0 Å². The molecule has 0 aromatic rings. The maximum atomic E-state index is 11.6. The van der Waals surface area contributed by atoms with Gasteiger partial charge in [0.05, 0.1) is 0 Å². The zero-order valence-electron chi connectivity index (χ0n) is 15.7. The largest absolute Gasteiger partial charge is 0.463 e. The second-order valence-electron chi connectivity index (χ2n) is 6.12. The van der Waals surface area contributed by atoms with Crippen molar-refractivity contribution in [1.82, 2.24) is 5.32 Å². The number of aliphatic hydroxyl groups is 1. The Morgan fingerprint density at radius 2 is 1.63 bits per heavy atom. The van der Waals surface area contributed by atoms with Crippen LogP contribution in [-0.4, -0.2) is 65.7 Å². The number of rotatable bonds is 7. The summed E-state index contributed by atoms with van der Waals surface area (Å²) in [6, 6.07) is -1.27. The molecule has 10 heteroatoms. The first kappa shape index (κ1) is 22.6. The Balaban J connectivity index is 3.38. The molecule has 1 aliphatic heterocycles.